The van der Waals surface area contributed by atoms with E-state index in [0.29, 0.717) is 22.4 Å². The van der Waals surface area contributed by atoms with E-state index >= 15 is 0 Å². The van der Waals surface area contributed by atoms with Gasteiger partial charge in [0.2, 0.25) is 0 Å². The number of aliphatic imine (C=N–C) groups is 1. The molecule has 0 atom stereocenters. The van der Waals surface area contributed by atoms with Crippen molar-refractivity contribution in [3.8, 4) is 5.75 Å². The highest BCUT2D eigenvalue weighted by molar-refractivity contribution is 8.18. The van der Waals surface area contributed by atoms with Gasteiger partial charge in [0, 0.05) is 7.05 Å². The van der Waals surface area contributed by atoms with Crippen LogP contribution in [0.1, 0.15) is 29.3 Å². The van der Waals surface area contributed by atoms with Crippen LogP contribution in [0.2, 0.25) is 0 Å². The van der Waals surface area contributed by atoms with E-state index < -0.39 is 5.97 Å². The van der Waals surface area contributed by atoms with E-state index in [0.717, 1.165) is 17.7 Å². The number of aromatic carboxylic acids is 1. The van der Waals surface area contributed by atoms with E-state index in [-0.39, 0.29) is 11.5 Å². The summed E-state index contributed by atoms with van der Waals surface area (Å²) in [4.78, 5) is 30.3. The Kier molecular flexibility index (Phi) is 6.16. The summed E-state index contributed by atoms with van der Waals surface area (Å²) >= 11 is 1.22. The van der Waals surface area contributed by atoms with E-state index in [1.807, 2.05) is 31.2 Å². The second-order valence-corrected chi connectivity index (χ2v) is 7.12. The molecule has 1 N–H and O–H groups in total. The fourth-order valence-electron chi connectivity index (χ4n) is 2.54. The number of hydrogen-bond acceptors (Lipinski definition) is 5. The van der Waals surface area contributed by atoms with Crippen molar-refractivity contribution in [1.29, 1.82) is 0 Å². The van der Waals surface area contributed by atoms with Gasteiger partial charge in [-0.25, -0.2) is 9.79 Å². The van der Waals surface area contributed by atoms with E-state index in [4.69, 9.17) is 4.74 Å². The van der Waals surface area contributed by atoms with Crippen LogP contribution in [-0.4, -0.2) is 40.7 Å². The van der Waals surface area contributed by atoms with E-state index in [2.05, 4.69) is 4.99 Å². The number of ether oxygens (including phenoxy) is 1. The Labute approximate surface area is 167 Å². The first kappa shape index (κ1) is 19.7. The van der Waals surface area contributed by atoms with Gasteiger partial charge < -0.3 is 9.84 Å². The fraction of sp³-hybridized carbons (Fsp3) is 0.190. The van der Waals surface area contributed by atoms with Crippen LogP contribution >= 0.6 is 11.8 Å². The number of amides is 1. The van der Waals surface area contributed by atoms with Crippen LogP contribution in [0.4, 0.5) is 5.69 Å². The van der Waals surface area contributed by atoms with Crippen LogP contribution in [0, 0.1) is 0 Å². The summed E-state index contributed by atoms with van der Waals surface area (Å²) in [7, 11) is 1.63. The number of benzene rings is 2. The Bertz CT molecular complexity index is 951. The molecule has 2 aromatic carbocycles. The molecule has 1 amide bonds. The molecule has 1 heterocycles. The van der Waals surface area contributed by atoms with Crippen LogP contribution in [0.5, 0.6) is 5.75 Å². The molecule has 6 nitrogen and oxygen atoms in total. The second kappa shape index (κ2) is 8.75. The van der Waals surface area contributed by atoms with Gasteiger partial charge in [0.05, 0.1) is 22.8 Å². The smallest absolute Gasteiger partial charge is 0.337 e. The molecule has 0 unspecified atom stereocenters. The quantitative estimate of drug-likeness (QED) is 0.732. The Morgan fingerprint density at radius 3 is 2.61 bits per heavy atom. The highest BCUT2D eigenvalue weighted by Gasteiger charge is 2.30. The van der Waals surface area contributed by atoms with Gasteiger partial charge in [-0.1, -0.05) is 31.2 Å². The van der Waals surface area contributed by atoms with Crippen LogP contribution < -0.4 is 4.74 Å². The summed E-state index contributed by atoms with van der Waals surface area (Å²) in [5.41, 5.74) is 1.28. The van der Waals surface area contributed by atoms with Gasteiger partial charge in [0.1, 0.15) is 5.75 Å². The first-order valence-corrected chi connectivity index (χ1v) is 9.62. The normalized spacial score (nSPS) is 16.8. The molecule has 0 aliphatic carbocycles. The lowest BCUT2D eigenvalue weighted by Crippen LogP contribution is -2.23. The van der Waals surface area contributed by atoms with Gasteiger partial charge in [-0.05, 0) is 54.1 Å². The summed E-state index contributed by atoms with van der Waals surface area (Å²) in [6.07, 6.45) is 2.73. The van der Waals surface area contributed by atoms with Crippen molar-refractivity contribution < 1.29 is 19.4 Å². The Morgan fingerprint density at radius 1 is 1.21 bits per heavy atom. The Hall–Kier alpha value is -3.06. The van der Waals surface area contributed by atoms with Gasteiger partial charge in [0.15, 0.2) is 5.17 Å². The molecule has 7 heteroatoms. The molecule has 1 fully saturated rings. The summed E-state index contributed by atoms with van der Waals surface area (Å²) < 4.78 is 5.56. The van der Waals surface area contributed by atoms with Gasteiger partial charge in [-0.3, -0.25) is 9.69 Å². The zero-order valence-corrected chi connectivity index (χ0v) is 16.4. The number of carboxylic acid groups (broad SMARTS) is 1. The van der Waals surface area contributed by atoms with Crippen molar-refractivity contribution in [2.75, 3.05) is 13.7 Å². The fourth-order valence-corrected chi connectivity index (χ4v) is 3.52. The zero-order chi connectivity index (χ0) is 20.1. The van der Waals surface area contributed by atoms with Crippen molar-refractivity contribution in [3.05, 3.63) is 64.6 Å². The molecule has 1 aliphatic heterocycles. The van der Waals surface area contributed by atoms with Gasteiger partial charge in [0.25, 0.3) is 5.91 Å². The number of nitrogens with zero attached hydrogens (tertiary/aromatic N) is 2. The van der Waals surface area contributed by atoms with Gasteiger partial charge >= 0.3 is 5.97 Å². The molecular formula is C21H20N2O4S. The maximum atomic E-state index is 12.6. The first-order chi connectivity index (χ1) is 13.5. The third-order valence-electron chi connectivity index (χ3n) is 4.00. The second-order valence-electron chi connectivity index (χ2n) is 6.11. The van der Waals surface area contributed by atoms with Crippen LogP contribution in [0.25, 0.3) is 6.08 Å². The molecule has 0 aromatic heterocycles. The van der Waals surface area contributed by atoms with Crippen LogP contribution in [-0.2, 0) is 4.79 Å². The number of para-hydroxylation sites is 1. The number of carbonyl (C=O) groups is 2. The zero-order valence-electron chi connectivity index (χ0n) is 15.6. The number of amidine groups is 1. The van der Waals surface area contributed by atoms with Crippen molar-refractivity contribution in [2.24, 2.45) is 4.99 Å². The Morgan fingerprint density at radius 2 is 1.93 bits per heavy atom. The van der Waals surface area contributed by atoms with Crippen LogP contribution in [0.3, 0.4) is 0 Å². The molecule has 0 saturated carbocycles. The molecule has 28 heavy (non-hydrogen) atoms. The lowest BCUT2D eigenvalue weighted by Gasteiger charge is -2.08. The highest BCUT2D eigenvalue weighted by atomic mass is 32.2. The lowest BCUT2D eigenvalue weighted by atomic mass is 10.2. The molecule has 0 spiro atoms. The van der Waals surface area contributed by atoms with E-state index in [1.165, 1.54) is 22.7 Å². The monoisotopic (exact) mass is 396 g/mol. The summed E-state index contributed by atoms with van der Waals surface area (Å²) in [6.45, 7) is 2.71. The van der Waals surface area contributed by atoms with Crippen LogP contribution in [0.15, 0.2) is 58.4 Å². The van der Waals surface area contributed by atoms with Gasteiger partial charge in [-0.2, -0.15) is 0 Å². The lowest BCUT2D eigenvalue weighted by molar-refractivity contribution is -0.121. The summed E-state index contributed by atoms with van der Waals surface area (Å²) in [5.74, 6) is -0.444. The molecule has 1 saturated heterocycles. The molecule has 0 radical (unpaired) electrons. The number of rotatable bonds is 6. The number of thioether (sulfide) groups is 1. The molecule has 144 valence electrons. The van der Waals surface area contributed by atoms with Crippen molar-refractivity contribution in [2.45, 2.75) is 13.3 Å². The van der Waals surface area contributed by atoms with E-state index in [1.54, 1.807) is 31.3 Å². The summed E-state index contributed by atoms with van der Waals surface area (Å²) in [6, 6.07) is 14.0. The molecule has 1 aliphatic rings. The Balaban J connectivity index is 1.83. The minimum absolute atomic E-state index is 0.0940. The number of carboxylic acids is 1. The first-order valence-electron chi connectivity index (χ1n) is 8.81. The number of hydrogen-bond donors (Lipinski definition) is 1. The molecule has 2 aromatic rings. The van der Waals surface area contributed by atoms with Crippen molar-refractivity contribution in [3.63, 3.8) is 0 Å². The largest absolute Gasteiger partial charge is 0.494 e. The summed E-state index contributed by atoms with van der Waals surface area (Å²) in [5, 5.41) is 9.74. The molecule has 3 rings (SSSR count). The minimum atomic E-state index is -1.06. The number of carbonyl (C=O) groups excluding carboxylic acids is 1. The van der Waals surface area contributed by atoms with Crippen molar-refractivity contribution in [1.82, 2.24) is 4.90 Å². The standard InChI is InChI=1S/C21H20N2O4S/c1-3-12-27-15-10-8-14(9-11-15)13-18-19(24)23(2)21(28-18)22-17-7-5-4-6-16(17)20(25)26/h4-11,13H,3,12H2,1-2H3,(H,25,26)/b18-13-,22-21?. The number of likely N-dealkylation sites (N-methyl/N-ethyl adjacent to an activating group) is 1. The van der Waals surface area contributed by atoms with Gasteiger partial charge in [-0.15, -0.1) is 0 Å². The van der Waals surface area contributed by atoms with Crippen molar-refractivity contribution >= 4 is 40.6 Å². The third-order valence-corrected chi connectivity index (χ3v) is 5.06. The predicted octanol–water partition coefficient (Wildman–Crippen LogP) is 4.41. The maximum absolute atomic E-state index is 12.6. The highest BCUT2D eigenvalue weighted by Crippen LogP contribution is 2.34. The minimum Gasteiger partial charge on any atom is -0.494 e. The average molecular weight is 396 g/mol. The third kappa shape index (κ3) is 4.43. The predicted molar refractivity (Wildman–Crippen MR) is 111 cm³/mol. The molecular weight excluding hydrogens is 376 g/mol. The topological polar surface area (TPSA) is 79.2 Å². The molecule has 0 bridgehead atoms. The van der Waals surface area contributed by atoms with E-state index in [9.17, 15) is 14.7 Å². The maximum Gasteiger partial charge on any atom is 0.337 e. The average Bonchev–Trinajstić information content (AvgIpc) is 2.95. The SMILES string of the molecule is CCCOc1ccc(/C=C2\SC(=Nc3ccccc3C(=O)O)N(C)C2=O)cc1.